The molecule has 0 heterocycles. The lowest BCUT2D eigenvalue weighted by Gasteiger charge is -2.29. The predicted octanol–water partition coefficient (Wildman–Crippen LogP) is 11.8. The second kappa shape index (κ2) is 11.8. The third-order valence-electron chi connectivity index (χ3n) is 8.23. The SMILES string of the molecule is C/C=C\C(=C1\C=CC=CC1)N(c1ccc(-c2cccc3ccccc23)cc1)c1ccc(-c2cccc3ccccc23)cc1. The van der Waals surface area contributed by atoms with Crippen LogP contribution in [-0.2, 0) is 0 Å². The van der Waals surface area contributed by atoms with E-state index in [1.165, 1.54) is 55.1 Å². The molecule has 0 aliphatic heterocycles. The minimum absolute atomic E-state index is 0.898. The van der Waals surface area contributed by atoms with E-state index in [-0.39, 0.29) is 0 Å². The molecule has 0 unspecified atom stereocenters. The number of nitrogens with zero attached hydrogens (tertiary/aromatic N) is 1. The highest BCUT2D eigenvalue weighted by atomic mass is 15.1. The van der Waals surface area contributed by atoms with Gasteiger partial charge in [-0.05, 0) is 93.1 Å². The van der Waals surface area contributed by atoms with Crippen molar-refractivity contribution in [3.63, 3.8) is 0 Å². The average Bonchev–Trinajstić information content (AvgIpc) is 3.08. The molecular formula is C42H33N. The summed E-state index contributed by atoms with van der Waals surface area (Å²) in [7, 11) is 0. The van der Waals surface area contributed by atoms with E-state index in [2.05, 4.69) is 182 Å². The summed E-state index contributed by atoms with van der Waals surface area (Å²) in [6.45, 7) is 2.09. The van der Waals surface area contributed by atoms with Gasteiger partial charge in [0.05, 0.1) is 0 Å². The first kappa shape index (κ1) is 26.5. The fraction of sp³-hybridized carbons (Fsp3) is 0.0476. The Labute approximate surface area is 254 Å². The van der Waals surface area contributed by atoms with Gasteiger partial charge >= 0.3 is 0 Å². The van der Waals surface area contributed by atoms with Crippen LogP contribution in [0.1, 0.15) is 13.3 Å². The van der Waals surface area contributed by atoms with Crippen molar-refractivity contribution in [2.24, 2.45) is 0 Å². The molecule has 0 saturated carbocycles. The number of benzene rings is 6. The van der Waals surface area contributed by atoms with Crippen LogP contribution in [0.3, 0.4) is 0 Å². The molecule has 0 radical (unpaired) electrons. The summed E-state index contributed by atoms with van der Waals surface area (Å²) in [5.74, 6) is 0. The molecule has 0 fully saturated rings. The van der Waals surface area contributed by atoms with Gasteiger partial charge in [0.15, 0.2) is 0 Å². The molecule has 1 aliphatic carbocycles. The summed E-state index contributed by atoms with van der Waals surface area (Å²) >= 11 is 0. The van der Waals surface area contributed by atoms with Crippen LogP contribution < -0.4 is 4.90 Å². The molecule has 1 nitrogen and oxygen atoms in total. The molecule has 6 aromatic carbocycles. The van der Waals surface area contributed by atoms with Gasteiger partial charge in [-0.15, -0.1) is 0 Å². The van der Waals surface area contributed by atoms with Crippen molar-refractivity contribution in [2.45, 2.75) is 13.3 Å². The van der Waals surface area contributed by atoms with E-state index in [0.29, 0.717) is 0 Å². The minimum atomic E-state index is 0.898. The largest absolute Gasteiger partial charge is 0.310 e. The monoisotopic (exact) mass is 551 g/mol. The third kappa shape index (κ3) is 5.22. The van der Waals surface area contributed by atoms with Crippen molar-refractivity contribution in [3.05, 3.63) is 181 Å². The van der Waals surface area contributed by atoms with Gasteiger partial charge in [-0.1, -0.05) is 140 Å². The second-order valence-electron chi connectivity index (χ2n) is 10.9. The molecule has 0 N–H and O–H groups in total. The number of hydrogen-bond donors (Lipinski definition) is 0. The first-order chi connectivity index (χ1) is 21.3. The summed E-state index contributed by atoms with van der Waals surface area (Å²) in [6, 6.07) is 48.3. The van der Waals surface area contributed by atoms with E-state index in [9.17, 15) is 0 Å². The van der Waals surface area contributed by atoms with Crippen molar-refractivity contribution in [1.29, 1.82) is 0 Å². The average molecular weight is 552 g/mol. The Morgan fingerprint density at radius 2 is 1.07 bits per heavy atom. The molecule has 1 heteroatoms. The summed E-state index contributed by atoms with van der Waals surface area (Å²) in [5.41, 5.74) is 9.66. The van der Waals surface area contributed by atoms with Gasteiger partial charge in [0.25, 0.3) is 0 Å². The Balaban J connectivity index is 1.33. The molecule has 1 aliphatic rings. The maximum atomic E-state index is 2.39. The van der Waals surface area contributed by atoms with Crippen LogP contribution in [0.5, 0.6) is 0 Å². The van der Waals surface area contributed by atoms with Crippen molar-refractivity contribution < 1.29 is 0 Å². The maximum absolute atomic E-state index is 2.39. The van der Waals surface area contributed by atoms with Gasteiger partial charge < -0.3 is 4.90 Å². The Bertz CT molecular complexity index is 1900. The number of fused-ring (bicyclic) bond motifs is 2. The smallest absolute Gasteiger partial charge is 0.0493 e. The van der Waals surface area contributed by atoms with E-state index in [1.807, 2.05) is 0 Å². The fourth-order valence-electron chi connectivity index (χ4n) is 6.15. The Kier molecular flexibility index (Phi) is 7.29. The Morgan fingerprint density at radius 3 is 1.56 bits per heavy atom. The highest BCUT2D eigenvalue weighted by Crippen LogP contribution is 2.38. The molecule has 0 bridgehead atoms. The molecule has 0 spiro atoms. The van der Waals surface area contributed by atoms with Crippen molar-refractivity contribution >= 4 is 32.9 Å². The van der Waals surface area contributed by atoms with E-state index in [4.69, 9.17) is 0 Å². The lowest BCUT2D eigenvalue weighted by molar-refractivity contribution is 1.12. The normalized spacial score (nSPS) is 14.1. The molecule has 0 saturated heterocycles. The van der Waals surface area contributed by atoms with E-state index in [0.717, 1.165) is 17.8 Å². The Morgan fingerprint density at radius 1 is 0.558 bits per heavy atom. The molecule has 0 amide bonds. The molecular weight excluding hydrogens is 518 g/mol. The Hall–Kier alpha value is -5.40. The van der Waals surface area contributed by atoms with Crippen LogP contribution in [0.15, 0.2) is 181 Å². The molecule has 0 atom stereocenters. The zero-order valence-electron chi connectivity index (χ0n) is 24.3. The van der Waals surface area contributed by atoms with Crippen LogP contribution in [-0.4, -0.2) is 0 Å². The first-order valence-electron chi connectivity index (χ1n) is 15.0. The molecule has 0 aromatic heterocycles. The third-order valence-corrected chi connectivity index (χ3v) is 8.23. The van der Waals surface area contributed by atoms with E-state index >= 15 is 0 Å². The standard InChI is InChI=1S/C42H33N/c1-2-12-42(35-15-4-3-5-16-35)43(36-27-23-33(24-28-36)40-21-10-17-31-13-6-8-19-38(31)40)37-29-25-34(26-30-37)41-22-11-18-32-14-7-9-20-39(32)41/h2-15,17-30H,16H2,1H3/b12-2-,42-35+. The van der Waals surface area contributed by atoms with Gasteiger partial charge in [-0.25, -0.2) is 0 Å². The zero-order valence-corrected chi connectivity index (χ0v) is 24.3. The van der Waals surface area contributed by atoms with Crippen molar-refractivity contribution in [2.75, 3.05) is 4.90 Å². The molecule has 206 valence electrons. The van der Waals surface area contributed by atoms with Gasteiger partial charge in [0.2, 0.25) is 0 Å². The lowest BCUT2D eigenvalue weighted by atomic mass is 9.97. The van der Waals surface area contributed by atoms with Crippen molar-refractivity contribution in [3.8, 4) is 22.3 Å². The summed E-state index contributed by atoms with van der Waals surface area (Å²) in [5, 5.41) is 5.06. The zero-order chi connectivity index (χ0) is 29.0. The summed E-state index contributed by atoms with van der Waals surface area (Å²) in [6.07, 6.45) is 14.0. The van der Waals surface area contributed by atoms with Gasteiger partial charge in [-0.3, -0.25) is 0 Å². The number of allylic oxidation sites excluding steroid dienone is 7. The quantitative estimate of drug-likeness (QED) is 0.199. The number of rotatable bonds is 6. The van der Waals surface area contributed by atoms with Crippen LogP contribution in [0.4, 0.5) is 11.4 Å². The van der Waals surface area contributed by atoms with Gasteiger partial charge in [0, 0.05) is 17.1 Å². The molecule has 43 heavy (non-hydrogen) atoms. The summed E-state index contributed by atoms with van der Waals surface area (Å²) < 4.78 is 0. The van der Waals surface area contributed by atoms with Crippen LogP contribution in [0.25, 0.3) is 43.8 Å². The fourth-order valence-corrected chi connectivity index (χ4v) is 6.15. The van der Waals surface area contributed by atoms with Crippen LogP contribution in [0.2, 0.25) is 0 Å². The molecule has 6 aromatic rings. The van der Waals surface area contributed by atoms with Crippen molar-refractivity contribution in [1.82, 2.24) is 0 Å². The highest BCUT2D eigenvalue weighted by molar-refractivity contribution is 5.98. The van der Waals surface area contributed by atoms with Gasteiger partial charge in [-0.2, -0.15) is 0 Å². The number of anilines is 2. The predicted molar refractivity (Wildman–Crippen MR) is 186 cm³/mol. The second-order valence-corrected chi connectivity index (χ2v) is 10.9. The van der Waals surface area contributed by atoms with E-state index in [1.54, 1.807) is 0 Å². The van der Waals surface area contributed by atoms with Crippen LogP contribution in [0, 0.1) is 0 Å². The maximum Gasteiger partial charge on any atom is 0.0493 e. The lowest BCUT2D eigenvalue weighted by Crippen LogP contribution is -2.17. The van der Waals surface area contributed by atoms with Crippen LogP contribution >= 0.6 is 0 Å². The van der Waals surface area contributed by atoms with Gasteiger partial charge in [0.1, 0.15) is 0 Å². The topological polar surface area (TPSA) is 3.24 Å². The number of hydrogen-bond acceptors (Lipinski definition) is 1. The van der Waals surface area contributed by atoms with E-state index < -0.39 is 0 Å². The first-order valence-corrected chi connectivity index (χ1v) is 15.0. The highest BCUT2D eigenvalue weighted by Gasteiger charge is 2.17. The summed E-state index contributed by atoms with van der Waals surface area (Å²) in [4.78, 5) is 2.39. The minimum Gasteiger partial charge on any atom is -0.310 e. The molecule has 7 rings (SSSR count).